The first-order valence-electron chi connectivity index (χ1n) is 35.6. The van der Waals surface area contributed by atoms with Crippen LogP contribution in [0.5, 0.6) is 0 Å². The second kappa shape index (κ2) is 67.8. The zero-order valence-corrected chi connectivity index (χ0v) is 52.9. The standard InChI is InChI=1S/C72H139NO5/c1-3-5-7-9-11-13-15-17-19-20-21-22-25-28-31-34-37-40-44-48-52-56-60-64-70(75)69(68-74)73-71(76)65-61-57-53-49-45-41-38-35-32-29-26-23-24-27-30-33-36-39-43-47-51-55-59-63-67-78-72(77)66-62-58-54-50-46-42-18-16-14-12-10-8-6-4-2/h10,12,16,18,69-70,74-75H,3-9,11,13-15,17,19-68H2,1-2H3,(H,73,76)/b12-10-,18-16-. The Morgan fingerprint density at radius 1 is 0.359 bits per heavy atom. The highest BCUT2D eigenvalue weighted by Crippen LogP contribution is 2.19. The van der Waals surface area contributed by atoms with Crippen LogP contribution in [-0.4, -0.2) is 47.4 Å². The normalized spacial score (nSPS) is 12.6. The van der Waals surface area contributed by atoms with Gasteiger partial charge in [-0.25, -0.2) is 0 Å². The summed E-state index contributed by atoms with van der Waals surface area (Å²) in [7, 11) is 0. The van der Waals surface area contributed by atoms with E-state index in [1.807, 2.05) is 0 Å². The van der Waals surface area contributed by atoms with E-state index in [0.717, 1.165) is 51.4 Å². The summed E-state index contributed by atoms with van der Waals surface area (Å²) in [6.07, 6.45) is 85.1. The van der Waals surface area contributed by atoms with Crippen LogP contribution in [0.3, 0.4) is 0 Å². The van der Waals surface area contributed by atoms with Crippen molar-refractivity contribution in [3.63, 3.8) is 0 Å². The molecule has 0 aliphatic rings. The van der Waals surface area contributed by atoms with Crippen LogP contribution in [0.1, 0.15) is 399 Å². The van der Waals surface area contributed by atoms with E-state index in [2.05, 4.69) is 43.5 Å². The molecule has 6 heteroatoms. The second-order valence-corrected chi connectivity index (χ2v) is 24.6. The molecule has 0 spiro atoms. The number of carbonyl (C=O) groups is 2. The Balaban J connectivity index is 3.37. The summed E-state index contributed by atoms with van der Waals surface area (Å²) in [4.78, 5) is 24.6. The van der Waals surface area contributed by atoms with Gasteiger partial charge in [0.15, 0.2) is 0 Å². The van der Waals surface area contributed by atoms with Gasteiger partial charge >= 0.3 is 5.97 Å². The Morgan fingerprint density at radius 3 is 1.01 bits per heavy atom. The van der Waals surface area contributed by atoms with Gasteiger partial charge in [0.05, 0.1) is 25.4 Å². The van der Waals surface area contributed by atoms with Gasteiger partial charge in [0.1, 0.15) is 0 Å². The third-order valence-electron chi connectivity index (χ3n) is 16.8. The van der Waals surface area contributed by atoms with Crippen LogP contribution < -0.4 is 5.32 Å². The minimum Gasteiger partial charge on any atom is -0.466 e. The molecule has 0 aliphatic heterocycles. The number of aliphatic hydroxyl groups excluding tert-OH is 2. The quantitative estimate of drug-likeness (QED) is 0.0320. The lowest BCUT2D eigenvalue weighted by Gasteiger charge is -2.22. The molecule has 0 aromatic heterocycles. The number of nitrogens with one attached hydrogen (secondary N) is 1. The molecule has 78 heavy (non-hydrogen) atoms. The Kier molecular flexibility index (Phi) is 66.4. The number of carbonyl (C=O) groups excluding carboxylic acids is 2. The summed E-state index contributed by atoms with van der Waals surface area (Å²) in [5.74, 6) is -0.0274. The van der Waals surface area contributed by atoms with Crippen molar-refractivity contribution in [3.8, 4) is 0 Å². The molecule has 0 radical (unpaired) electrons. The highest BCUT2D eigenvalue weighted by Gasteiger charge is 2.20. The summed E-state index contributed by atoms with van der Waals surface area (Å²) < 4.78 is 5.48. The van der Waals surface area contributed by atoms with E-state index in [9.17, 15) is 19.8 Å². The first-order chi connectivity index (χ1) is 38.5. The zero-order valence-electron chi connectivity index (χ0n) is 52.9. The van der Waals surface area contributed by atoms with Gasteiger partial charge in [0.25, 0.3) is 0 Å². The predicted octanol–water partition coefficient (Wildman–Crippen LogP) is 22.9. The topological polar surface area (TPSA) is 95.9 Å². The van der Waals surface area contributed by atoms with Gasteiger partial charge in [-0.1, -0.05) is 359 Å². The molecule has 6 nitrogen and oxygen atoms in total. The van der Waals surface area contributed by atoms with E-state index in [-0.39, 0.29) is 18.5 Å². The van der Waals surface area contributed by atoms with Gasteiger partial charge in [0, 0.05) is 12.8 Å². The Morgan fingerprint density at radius 2 is 0.654 bits per heavy atom. The first-order valence-corrected chi connectivity index (χ1v) is 35.6. The number of hydrogen-bond donors (Lipinski definition) is 3. The van der Waals surface area contributed by atoms with E-state index in [1.54, 1.807) is 0 Å². The van der Waals surface area contributed by atoms with E-state index >= 15 is 0 Å². The molecule has 2 unspecified atom stereocenters. The maximum Gasteiger partial charge on any atom is 0.305 e. The maximum absolute atomic E-state index is 12.6. The summed E-state index contributed by atoms with van der Waals surface area (Å²) in [6, 6.07) is -0.542. The Hall–Kier alpha value is -1.66. The van der Waals surface area contributed by atoms with Crippen molar-refractivity contribution in [1.29, 1.82) is 0 Å². The minimum absolute atomic E-state index is 0.00171. The van der Waals surface area contributed by atoms with Crippen LogP contribution in [0, 0.1) is 0 Å². The highest BCUT2D eigenvalue weighted by atomic mass is 16.5. The maximum atomic E-state index is 12.6. The van der Waals surface area contributed by atoms with Gasteiger partial charge in [-0.05, 0) is 51.4 Å². The fraction of sp³-hybridized carbons (Fsp3) is 0.917. The third kappa shape index (κ3) is 63.5. The number of esters is 1. The number of rotatable bonds is 67. The molecule has 0 aliphatic carbocycles. The van der Waals surface area contributed by atoms with Crippen molar-refractivity contribution >= 4 is 11.9 Å². The van der Waals surface area contributed by atoms with E-state index in [1.165, 1.54) is 315 Å². The molecule has 0 saturated carbocycles. The van der Waals surface area contributed by atoms with E-state index in [4.69, 9.17) is 4.74 Å². The molecule has 0 saturated heterocycles. The van der Waals surface area contributed by atoms with Crippen molar-refractivity contribution in [1.82, 2.24) is 5.32 Å². The first kappa shape index (κ1) is 76.3. The lowest BCUT2D eigenvalue weighted by molar-refractivity contribution is -0.143. The van der Waals surface area contributed by atoms with Crippen molar-refractivity contribution < 1.29 is 24.5 Å². The van der Waals surface area contributed by atoms with Crippen molar-refractivity contribution in [2.45, 2.75) is 411 Å². The van der Waals surface area contributed by atoms with Gasteiger partial charge in [-0.3, -0.25) is 9.59 Å². The average molecular weight is 1100 g/mol. The molecule has 0 rings (SSSR count). The molecule has 3 N–H and O–H groups in total. The van der Waals surface area contributed by atoms with Crippen molar-refractivity contribution in [3.05, 3.63) is 24.3 Å². The molecule has 2 atom stereocenters. The van der Waals surface area contributed by atoms with Crippen molar-refractivity contribution in [2.75, 3.05) is 13.2 Å². The summed E-state index contributed by atoms with van der Waals surface area (Å²) in [5, 5.41) is 23.4. The number of hydrogen-bond acceptors (Lipinski definition) is 5. The van der Waals surface area contributed by atoms with Crippen LogP contribution >= 0.6 is 0 Å². The summed E-state index contributed by atoms with van der Waals surface area (Å²) >= 11 is 0. The monoisotopic (exact) mass is 1100 g/mol. The largest absolute Gasteiger partial charge is 0.466 e. The summed E-state index contributed by atoms with van der Waals surface area (Å²) in [6.45, 7) is 4.95. The SMILES string of the molecule is CCCC/C=C\C/C=C\CCCCCCCC(=O)OCCCCCCCCCCCCCCCCCCCCCCCCCCC(=O)NC(CO)C(O)CCCCCCCCCCCCCCCCCCCCCCCCC. The lowest BCUT2D eigenvalue weighted by atomic mass is 10.0. The van der Waals surface area contributed by atoms with E-state index in [0.29, 0.717) is 25.9 Å². The molecular weight excluding hydrogens is 959 g/mol. The van der Waals surface area contributed by atoms with E-state index < -0.39 is 12.1 Å². The van der Waals surface area contributed by atoms with Crippen LogP contribution in [0.25, 0.3) is 0 Å². The number of ether oxygens (including phenoxy) is 1. The molecule has 0 heterocycles. The molecule has 0 aromatic carbocycles. The van der Waals surface area contributed by atoms with Gasteiger partial charge in [-0.2, -0.15) is 0 Å². The van der Waals surface area contributed by atoms with Crippen molar-refractivity contribution in [2.24, 2.45) is 0 Å². The number of amides is 1. The Labute approximate surface area is 488 Å². The Bertz CT molecular complexity index is 1220. The minimum atomic E-state index is -0.665. The van der Waals surface area contributed by atoms with Gasteiger partial charge in [0.2, 0.25) is 5.91 Å². The molecule has 0 bridgehead atoms. The third-order valence-corrected chi connectivity index (χ3v) is 16.8. The number of aliphatic hydroxyl groups is 2. The fourth-order valence-electron chi connectivity index (χ4n) is 11.3. The zero-order chi connectivity index (χ0) is 56.4. The van der Waals surface area contributed by atoms with Crippen LogP contribution in [0.2, 0.25) is 0 Å². The molecule has 0 fully saturated rings. The van der Waals surface area contributed by atoms with Crippen LogP contribution in [-0.2, 0) is 14.3 Å². The second-order valence-electron chi connectivity index (χ2n) is 24.6. The summed E-state index contributed by atoms with van der Waals surface area (Å²) in [5.41, 5.74) is 0. The average Bonchev–Trinajstić information content (AvgIpc) is 3.44. The smallest absolute Gasteiger partial charge is 0.305 e. The number of allylic oxidation sites excluding steroid dienone is 4. The molecule has 0 aromatic rings. The van der Waals surface area contributed by atoms with Crippen LogP contribution in [0.15, 0.2) is 24.3 Å². The fourth-order valence-corrected chi connectivity index (χ4v) is 11.3. The molecule has 462 valence electrons. The van der Waals surface area contributed by atoms with Gasteiger partial charge < -0.3 is 20.3 Å². The van der Waals surface area contributed by atoms with Crippen LogP contribution in [0.4, 0.5) is 0 Å². The number of unbranched alkanes of at least 4 members (excludes halogenated alkanes) is 52. The highest BCUT2D eigenvalue weighted by molar-refractivity contribution is 5.76. The lowest BCUT2D eigenvalue weighted by Crippen LogP contribution is -2.45. The van der Waals surface area contributed by atoms with Gasteiger partial charge in [-0.15, -0.1) is 0 Å². The predicted molar refractivity (Wildman–Crippen MR) is 343 cm³/mol. The molecular formula is C72H139NO5. The molecule has 1 amide bonds.